The molecule has 6 atom stereocenters. The van der Waals surface area contributed by atoms with E-state index < -0.39 is 10.8 Å². The van der Waals surface area contributed by atoms with Crippen LogP contribution in [0.4, 0.5) is 0 Å². The van der Waals surface area contributed by atoms with E-state index in [1.54, 1.807) is 0 Å². The Labute approximate surface area is 243 Å². The molecule has 0 radical (unpaired) electrons. The summed E-state index contributed by atoms with van der Waals surface area (Å²) in [4.78, 5) is 27.5. The number of rotatable bonds is 11. The Bertz CT molecular complexity index is 1020. The van der Waals surface area contributed by atoms with Crippen molar-refractivity contribution in [3.05, 3.63) is 29.3 Å². The van der Waals surface area contributed by atoms with Gasteiger partial charge in [-0.1, -0.05) is 61.0 Å². The number of benzene rings is 1. The summed E-state index contributed by atoms with van der Waals surface area (Å²) < 4.78 is 17.3. The van der Waals surface area contributed by atoms with Gasteiger partial charge in [-0.05, 0) is 98.8 Å². The second kappa shape index (κ2) is 12.6. The number of hydrogen-bond acceptors (Lipinski definition) is 5. The number of carbonyl (C=O) groups excluding carboxylic acids is 2. The molecule has 2 saturated carbocycles. The van der Waals surface area contributed by atoms with Gasteiger partial charge in [-0.2, -0.15) is 0 Å². The van der Waals surface area contributed by atoms with Gasteiger partial charge in [0.25, 0.3) is 0 Å². The third kappa shape index (κ3) is 5.71. The quantitative estimate of drug-likeness (QED) is 0.111. The summed E-state index contributed by atoms with van der Waals surface area (Å²) in [7, 11) is 1.46. The molecular weight excluding hydrogens is 556 g/mol. The summed E-state index contributed by atoms with van der Waals surface area (Å²) in [5, 5.41) is 1.06. The molecule has 4 aliphatic rings. The van der Waals surface area contributed by atoms with Crippen LogP contribution in [-0.4, -0.2) is 37.1 Å². The first-order valence-electron chi connectivity index (χ1n) is 15.5. The summed E-state index contributed by atoms with van der Waals surface area (Å²) in [6, 6.07) is 6.62. The van der Waals surface area contributed by atoms with Crippen molar-refractivity contribution in [2.75, 3.05) is 19.0 Å². The zero-order valence-corrected chi connectivity index (χ0v) is 25.6. The van der Waals surface area contributed by atoms with Crippen molar-refractivity contribution < 1.29 is 23.8 Å². The highest BCUT2D eigenvalue weighted by Crippen LogP contribution is 2.64. The van der Waals surface area contributed by atoms with Crippen LogP contribution in [0.2, 0.25) is 0 Å². The minimum Gasteiger partial charge on any atom is -0.468 e. The molecule has 2 unspecified atom stereocenters. The fourth-order valence-electron chi connectivity index (χ4n) is 8.50. The number of esters is 1. The van der Waals surface area contributed by atoms with Gasteiger partial charge in [0, 0.05) is 17.2 Å². The summed E-state index contributed by atoms with van der Waals surface area (Å²) in [6.45, 7) is 2.94. The van der Waals surface area contributed by atoms with E-state index in [1.807, 2.05) is 0 Å². The average Bonchev–Trinajstić information content (AvgIpc) is 3.19. The number of hydrogen-bond donors (Lipinski definition) is 0. The first-order valence-corrected chi connectivity index (χ1v) is 16.7. The number of unbranched alkanes of at least 4 members (excludes halogenated alkanes) is 5. The number of carbonyl (C=O) groups is 2. The Morgan fingerprint density at radius 1 is 1.08 bits per heavy atom. The monoisotopic (exact) mass is 602 g/mol. The van der Waals surface area contributed by atoms with Gasteiger partial charge in [0.15, 0.2) is 12.1 Å². The normalized spacial score (nSPS) is 33.7. The molecule has 39 heavy (non-hydrogen) atoms. The molecule has 1 aromatic carbocycles. The predicted molar refractivity (Wildman–Crippen MR) is 156 cm³/mol. The lowest BCUT2D eigenvalue weighted by Crippen LogP contribution is -2.44. The lowest BCUT2D eigenvalue weighted by Gasteiger charge is -2.48. The molecule has 1 aliphatic heterocycles. The standard InChI is InChI=1S/C33H47BrO5/c1-32-18-16-26-25-15-13-24(39-29-11-7-10-20-38-29)21-23(25)12-14-27(26)28(32)22-33(30(32)35,31(36)37-2)17-8-5-3-4-6-9-19-34/h13,15,21,26-29H,3-12,14,16-20,22H2,1-2H3/t26-,27-,28+,29?,32+,33?/m1/s1. The van der Waals surface area contributed by atoms with Crippen LogP contribution >= 0.6 is 15.9 Å². The predicted octanol–water partition coefficient (Wildman–Crippen LogP) is 7.91. The molecule has 5 rings (SSSR count). The second-order valence-electron chi connectivity index (χ2n) is 12.8. The van der Waals surface area contributed by atoms with E-state index in [9.17, 15) is 9.59 Å². The van der Waals surface area contributed by atoms with Gasteiger partial charge in [-0.15, -0.1) is 0 Å². The molecule has 0 spiro atoms. The Morgan fingerprint density at radius 3 is 2.62 bits per heavy atom. The lowest BCUT2D eigenvalue weighted by atomic mass is 9.55. The fraction of sp³-hybridized carbons (Fsp3) is 0.758. The average molecular weight is 604 g/mol. The number of Topliss-reactive ketones (excluding diaryl/α,β-unsaturated/α-hetero) is 1. The van der Waals surface area contributed by atoms with Crippen LogP contribution in [0.15, 0.2) is 18.2 Å². The van der Waals surface area contributed by atoms with Crippen molar-refractivity contribution in [3.63, 3.8) is 0 Å². The van der Waals surface area contributed by atoms with E-state index in [2.05, 4.69) is 41.1 Å². The Balaban J connectivity index is 1.30. The van der Waals surface area contributed by atoms with E-state index in [0.29, 0.717) is 24.7 Å². The van der Waals surface area contributed by atoms with E-state index in [0.717, 1.165) is 75.5 Å². The Morgan fingerprint density at radius 2 is 1.87 bits per heavy atom. The number of ketones is 1. The van der Waals surface area contributed by atoms with Crippen molar-refractivity contribution >= 4 is 27.7 Å². The summed E-state index contributed by atoms with van der Waals surface area (Å²) in [5.41, 5.74) is 1.43. The van der Waals surface area contributed by atoms with Crippen LogP contribution in [0.5, 0.6) is 5.75 Å². The van der Waals surface area contributed by atoms with Crippen LogP contribution in [-0.2, 0) is 25.5 Å². The highest BCUT2D eigenvalue weighted by molar-refractivity contribution is 9.09. The van der Waals surface area contributed by atoms with Crippen molar-refractivity contribution in [1.29, 1.82) is 0 Å². The molecule has 0 N–H and O–H groups in total. The van der Waals surface area contributed by atoms with Crippen LogP contribution in [0.3, 0.4) is 0 Å². The molecule has 0 bridgehead atoms. The van der Waals surface area contributed by atoms with E-state index in [-0.39, 0.29) is 24.0 Å². The van der Waals surface area contributed by atoms with Gasteiger partial charge < -0.3 is 14.2 Å². The maximum absolute atomic E-state index is 14.2. The van der Waals surface area contributed by atoms with E-state index in [1.165, 1.54) is 43.9 Å². The number of ether oxygens (including phenoxy) is 3. The van der Waals surface area contributed by atoms with Crippen molar-refractivity contribution in [2.45, 2.75) is 115 Å². The number of fused-ring (bicyclic) bond motifs is 5. The highest BCUT2D eigenvalue weighted by atomic mass is 79.9. The van der Waals surface area contributed by atoms with Crippen molar-refractivity contribution in [1.82, 2.24) is 0 Å². The number of aryl methyl sites for hydroxylation is 1. The zero-order valence-electron chi connectivity index (χ0n) is 24.0. The van der Waals surface area contributed by atoms with Gasteiger partial charge in [0.1, 0.15) is 11.2 Å². The van der Waals surface area contributed by atoms with Crippen LogP contribution in [0, 0.1) is 22.7 Å². The Kier molecular flexibility index (Phi) is 9.43. The van der Waals surface area contributed by atoms with Gasteiger partial charge in [0.2, 0.25) is 0 Å². The van der Waals surface area contributed by atoms with Gasteiger partial charge >= 0.3 is 5.97 Å². The summed E-state index contributed by atoms with van der Waals surface area (Å²) >= 11 is 3.50. The van der Waals surface area contributed by atoms with Gasteiger partial charge in [-0.25, -0.2) is 0 Å². The van der Waals surface area contributed by atoms with Crippen molar-refractivity contribution in [2.24, 2.45) is 22.7 Å². The molecule has 0 aromatic heterocycles. The van der Waals surface area contributed by atoms with Crippen LogP contribution < -0.4 is 4.74 Å². The maximum atomic E-state index is 14.2. The summed E-state index contributed by atoms with van der Waals surface area (Å²) in [5.74, 6) is 1.91. The molecule has 3 aliphatic carbocycles. The first-order chi connectivity index (χ1) is 18.9. The smallest absolute Gasteiger partial charge is 0.319 e. The molecule has 3 fully saturated rings. The lowest BCUT2D eigenvalue weighted by molar-refractivity contribution is -0.159. The molecule has 5 nitrogen and oxygen atoms in total. The SMILES string of the molecule is COC(=O)C1(CCCCCCCCBr)C[C@H]2[C@@H]3CCc4cc(OC5CCCCO5)ccc4[C@H]3CC[C@]2(C)C1=O. The Hall–Kier alpha value is -1.40. The van der Waals surface area contributed by atoms with Gasteiger partial charge in [0.05, 0.1) is 13.7 Å². The second-order valence-corrected chi connectivity index (χ2v) is 13.6. The molecule has 216 valence electrons. The molecular formula is C33H47BrO5. The first kappa shape index (κ1) is 29.1. The zero-order chi connectivity index (χ0) is 27.5. The fourth-order valence-corrected chi connectivity index (χ4v) is 8.90. The topological polar surface area (TPSA) is 61.8 Å². The highest BCUT2D eigenvalue weighted by Gasteiger charge is 2.66. The largest absolute Gasteiger partial charge is 0.468 e. The third-order valence-electron chi connectivity index (χ3n) is 10.6. The minimum atomic E-state index is -0.961. The summed E-state index contributed by atoms with van der Waals surface area (Å²) in [6.07, 6.45) is 15.1. The van der Waals surface area contributed by atoms with Crippen LogP contribution in [0.25, 0.3) is 0 Å². The van der Waals surface area contributed by atoms with Crippen molar-refractivity contribution in [3.8, 4) is 5.75 Å². The third-order valence-corrected chi connectivity index (χ3v) is 11.1. The van der Waals surface area contributed by atoms with E-state index in [4.69, 9.17) is 14.2 Å². The maximum Gasteiger partial charge on any atom is 0.319 e. The number of alkyl halides is 1. The molecule has 6 heteroatoms. The molecule has 0 amide bonds. The molecule has 1 saturated heterocycles. The van der Waals surface area contributed by atoms with Gasteiger partial charge in [-0.3, -0.25) is 9.59 Å². The number of methoxy groups -OCH3 is 1. The molecule has 1 heterocycles. The molecule has 1 aromatic rings. The number of halogens is 1. The minimum absolute atomic E-state index is 0.131. The van der Waals surface area contributed by atoms with E-state index >= 15 is 0 Å². The van der Waals surface area contributed by atoms with Crippen LogP contribution in [0.1, 0.15) is 114 Å².